The normalized spacial score (nSPS) is 18.5. The van der Waals surface area contributed by atoms with Crippen molar-refractivity contribution in [2.24, 2.45) is 4.99 Å². The number of rotatable bonds is 10. The molecule has 8 heteroatoms. The molecule has 1 aliphatic carbocycles. The maximum absolute atomic E-state index is 5.98. The van der Waals surface area contributed by atoms with Crippen LogP contribution in [0.2, 0.25) is 0 Å². The molecule has 1 atom stereocenters. The first-order valence-corrected chi connectivity index (χ1v) is 9.93. The van der Waals surface area contributed by atoms with Gasteiger partial charge in [0.25, 0.3) is 0 Å². The highest BCUT2D eigenvalue weighted by Crippen LogP contribution is 2.30. The van der Waals surface area contributed by atoms with Gasteiger partial charge in [0.1, 0.15) is 6.61 Å². The quantitative estimate of drug-likeness (QED) is 0.289. The zero-order chi connectivity index (χ0) is 18.9. The van der Waals surface area contributed by atoms with E-state index in [1.807, 2.05) is 24.3 Å². The second-order valence-corrected chi connectivity index (χ2v) is 6.90. The van der Waals surface area contributed by atoms with Gasteiger partial charge in [-0.2, -0.15) is 0 Å². The molecule has 7 nitrogen and oxygen atoms in total. The summed E-state index contributed by atoms with van der Waals surface area (Å²) in [6.45, 7) is 7.60. The number of aliphatic imine (C=N–C) groups is 1. The maximum atomic E-state index is 5.98. The molecule has 1 aliphatic heterocycles. The number of hydrogen-bond donors (Lipinski definition) is 2. The molecule has 1 saturated carbocycles. The summed E-state index contributed by atoms with van der Waals surface area (Å²) in [6, 6.07) is 8.49. The van der Waals surface area contributed by atoms with Crippen LogP contribution in [0.3, 0.4) is 0 Å². The minimum absolute atomic E-state index is 0. The molecule has 1 heterocycles. The number of nitrogens with zero attached hydrogens (tertiary/aromatic N) is 2. The van der Waals surface area contributed by atoms with Crippen LogP contribution in [-0.4, -0.2) is 76.1 Å². The number of benzene rings is 1. The maximum Gasteiger partial charge on any atom is 0.191 e. The molecule has 0 radical (unpaired) electrons. The third-order valence-corrected chi connectivity index (χ3v) is 4.70. The van der Waals surface area contributed by atoms with Crippen LogP contribution in [0, 0.1) is 0 Å². The minimum atomic E-state index is -0.0694. The number of ether oxygens (including phenoxy) is 3. The number of halogens is 1. The van der Waals surface area contributed by atoms with Gasteiger partial charge in [-0.1, -0.05) is 12.1 Å². The van der Waals surface area contributed by atoms with E-state index in [4.69, 9.17) is 14.2 Å². The SMILES string of the molecule is CCNC(=NCC1COc2ccccc2O1)NCCN(CCOC)C1CC1.I. The van der Waals surface area contributed by atoms with Crippen molar-refractivity contribution in [3.05, 3.63) is 24.3 Å². The summed E-state index contributed by atoms with van der Waals surface area (Å²) in [5.74, 6) is 2.42. The summed E-state index contributed by atoms with van der Waals surface area (Å²) < 4.78 is 17.0. The fourth-order valence-corrected chi connectivity index (χ4v) is 3.13. The molecule has 3 rings (SSSR count). The van der Waals surface area contributed by atoms with E-state index >= 15 is 0 Å². The topological polar surface area (TPSA) is 67.4 Å². The highest BCUT2D eigenvalue weighted by atomic mass is 127. The van der Waals surface area contributed by atoms with Crippen LogP contribution in [-0.2, 0) is 4.74 Å². The van der Waals surface area contributed by atoms with Crippen LogP contribution < -0.4 is 20.1 Å². The van der Waals surface area contributed by atoms with Crippen LogP contribution >= 0.6 is 24.0 Å². The first-order valence-electron chi connectivity index (χ1n) is 9.93. The zero-order valence-electron chi connectivity index (χ0n) is 16.9. The molecule has 0 saturated heterocycles. The number of fused-ring (bicyclic) bond motifs is 1. The molecule has 1 aromatic carbocycles. The Hall–Kier alpha value is -1.26. The Morgan fingerprint density at radius 3 is 2.71 bits per heavy atom. The Morgan fingerprint density at radius 1 is 1.21 bits per heavy atom. The van der Waals surface area contributed by atoms with Crippen LogP contribution in [0.25, 0.3) is 0 Å². The summed E-state index contributed by atoms with van der Waals surface area (Å²) in [6.07, 6.45) is 2.54. The molecule has 1 unspecified atom stereocenters. The molecule has 0 amide bonds. The third-order valence-electron chi connectivity index (χ3n) is 4.70. The van der Waals surface area contributed by atoms with Gasteiger partial charge in [0, 0.05) is 39.3 Å². The van der Waals surface area contributed by atoms with Gasteiger partial charge in [-0.05, 0) is 31.9 Å². The van der Waals surface area contributed by atoms with Crippen molar-refractivity contribution in [1.82, 2.24) is 15.5 Å². The van der Waals surface area contributed by atoms with Gasteiger partial charge in [0.05, 0.1) is 13.2 Å². The van der Waals surface area contributed by atoms with Gasteiger partial charge < -0.3 is 24.8 Å². The molecule has 0 aromatic heterocycles. The van der Waals surface area contributed by atoms with E-state index in [0.717, 1.165) is 56.3 Å². The molecule has 2 aliphatic rings. The van der Waals surface area contributed by atoms with Crippen molar-refractivity contribution < 1.29 is 14.2 Å². The smallest absolute Gasteiger partial charge is 0.191 e. The van der Waals surface area contributed by atoms with Crippen LogP contribution in [0.5, 0.6) is 11.5 Å². The number of hydrogen-bond acceptors (Lipinski definition) is 5. The van der Waals surface area contributed by atoms with Gasteiger partial charge in [-0.3, -0.25) is 4.90 Å². The van der Waals surface area contributed by atoms with E-state index < -0.39 is 0 Å². The lowest BCUT2D eigenvalue weighted by Crippen LogP contribution is -2.43. The predicted molar refractivity (Wildman–Crippen MR) is 122 cm³/mol. The number of nitrogens with one attached hydrogen (secondary N) is 2. The Bertz CT molecular complexity index is 613. The summed E-state index contributed by atoms with van der Waals surface area (Å²) in [7, 11) is 1.76. The molecule has 28 heavy (non-hydrogen) atoms. The van der Waals surface area contributed by atoms with Crippen molar-refractivity contribution in [3.63, 3.8) is 0 Å². The predicted octanol–water partition coefficient (Wildman–Crippen LogP) is 2.11. The molecule has 0 spiro atoms. The molecular weight excluding hydrogens is 471 g/mol. The fourth-order valence-electron chi connectivity index (χ4n) is 3.13. The largest absolute Gasteiger partial charge is 0.486 e. The summed E-state index contributed by atoms with van der Waals surface area (Å²) in [5, 5.41) is 6.73. The highest BCUT2D eigenvalue weighted by Gasteiger charge is 2.28. The minimum Gasteiger partial charge on any atom is -0.486 e. The van der Waals surface area contributed by atoms with Gasteiger partial charge in [0.2, 0.25) is 0 Å². The molecular formula is C20H33IN4O3. The second-order valence-electron chi connectivity index (χ2n) is 6.90. The molecule has 158 valence electrons. The van der Waals surface area contributed by atoms with Crippen molar-refractivity contribution in [2.75, 3.05) is 53.0 Å². The number of methoxy groups -OCH3 is 1. The molecule has 0 bridgehead atoms. The number of guanidine groups is 1. The molecule has 1 fully saturated rings. The first kappa shape index (κ1) is 23.0. The van der Waals surface area contributed by atoms with Gasteiger partial charge in [-0.25, -0.2) is 4.99 Å². The van der Waals surface area contributed by atoms with E-state index in [2.05, 4.69) is 27.4 Å². The van der Waals surface area contributed by atoms with Gasteiger partial charge in [-0.15, -0.1) is 24.0 Å². The Labute approximate surface area is 185 Å². The summed E-state index contributed by atoms with van der Waals surface area (Å²) in [4.78, 5) is 7.17. The summed E-state index contributed by atoms with van der Waals surface area (Å²) >= 11 is 0. The monoisotopic (exact) mass is 504 g/mol. The van der Waals surface area contributed by atoms with Crippen molar-refractivity contribution in [3.8, 4) is 11.5 Å². The van der Waals surface area contributed by atoms with E-state index in [9.17, 15) is 0 Å². The average Bonchev–Trinajstić information content (AvgIpc) is 3.53. The van der Waals surface area contributed by atoms with E-state index in [1.165, 1.54) is 12.8 Å². The Balaban J connectivity index is 0.00000280. The van der Waals surface area contributed by atoms with Crippen molar-refractivity contribution >= 4 is 29.9 Å². The average molecular weight is 504 g/mol. The lowest BCUT2D eigenvalue weighted by molar-refractivity contribution is 0.0971. The number of para-hydroxylation sites is 2. The van der Waals surface area contributed by atoms with Crippen molar-refractivity contribution in [2.45, 2.75) is 31.9 Å². The zero-order valence-corrected chi connectivity index (χ0v) is 19.2. The van der Waals surface area contributed by atoms with E-state index in [-0.39, 0.29) is 30.1 Å². The fraction of sp³-hybridized carbons (Fsp3) is 0.650. The lowest BCUT2D eigenvalue weighted by Gasteiger charge is -2.25. The Kier molecular flexibility index (Phi) is 10.1. The van der Waals surface area contributed by atoms with E-state index in [1.54, 1.807) is 7.11 Å². The molecule has 2 N–H and O–H groups in total. The Morgan fingerprint density at radius 2 is 2.00 bits per heavy atom. The van der Waals surface area contributed by atoms with Crippen LogP contribution in [0.4, 0.5) is 0 Å². The van der Waals surface area contributed by atoms with Crippen LogP contribution in [0.15, 0.2) is 29.3 Å². The third kappa shape index (κ3) is 7.29. The summed E-state index contributed by atoms with van der Waals surface area (Å²) in [5.41, 5.74) is 0. The second kappa shape index (κ2) is 12.3. The van der Waals surface area contributed by atoms with Crippen molar-refractivity contribution in [1.29, 1.82) is 0 Å². The van der Waals surface area contributed by atoms with E-state index in [0.29, 0.717) is 13.2 Å². The van der Waals surface area contributed by atoms with Gasteiger partial charge in [0.15, 0.2) is 23.6 Å². The highest BCUT2D eigenvalue weighted by molar-refractivity contribution is 14.0. The standard InChI is InChI=1S/C20H32N4O3.HI/c1-3-21-20(22-10-11-24(12-13-25-2)16-8-9-16)23-14-17-15-26-18-6-4-5-7-19(18)27-17;/h4-7,16-17H,3,8-15H2,1-2H3,(H2,21,22,23);1H. The van der Waals surface area contributed by atoms with Crippen LogP contribution in [0.1, 0.15) is 19.8 Å². The molecule has 1 aromatic rings. The van der Waals surface area contributed by atoms with Gasteiger partial charge >= 0.3 is 0 Å². The first-order chi connectivity index (χ1) is 13.3. The lowest BCUT2D eigenvalue weighted by atomic mass is 10.2.